The molecule has 0 aliphatic rings. The highest BCUT2D eigenvalue weighted by atomic mass is 32.1. The summed E-state index contributed by atoms with van der Waals surface area (Å²) in [6.07, 6.45) is 0. The van der Waals surface area contributed by atoms with Gasteiger partial charge in [-0.15, -0.1) is 0 Å². The Morgan fingerprint density at radius 2 is 1.09 bits per heavy atom. The van der Waals surface area contributed by atoms with E-state index in [1.807, 2.05) is 72.8 Å². The Morgan fingerprint density at radius 1 is 0.562 bits per heavy atom. The van der Waals surface area contributed by atoms with Gasteiger partial charge < -0.3 is 9.15 Å². The second-order valence-electron chi connectivity index (χ2n) is 6.99. The maximum absolute atomic E-state index is 5.65. The monoisotopic (exact) mass is 436 g/mol. The van der Waals surface area contributed by atoms with E-state index in [0.717, 1.165) is 16.9 Å². The first-order valence-electron chi connectivity index (χ1n) is 10.4. The first-order valence-corrected chi connectivity index (χ1v) is 11.3. The molecule has 0 unspecified atom stereocenters. The van der Waals surface area contributed by atoms with Gasteiger partial charge >= 0.3 is 0 Å². The maximum Gasteiger partial charge on any atom is 0.135 e. The van der Waals surface area contributed by atoms with Crippen LogP contribution in [0, 0.1) is 0 Å². The minimum absolute atomic E-state index is 0.910. The number of thiophene rings is 1. The number of rotatable bonds is 2. The van der Waals surface area contributed by atoms with Crippen LogP contribution in [-0.2, 0) is 0 Å². The van der Waals surface area contributed by atoms with E-state index in [1.165, 1.54) is 21.9 Å². The van der Waals surface area contributed by atoms with Gasteiger partial charge in [-0.3, -0.25) is 0 Å². The highest BCUT2D eigenvalue weighted by Gasteiger charge is 2.03. The van der Waals surface area contributed by atoms with Crippen molar-refractivity contribution in [3.05, 3.63) is 126 Å². The lowest BCUT2D eigenvalue weighted by Gasteiger charge is -1.93. The third kappa shape index (κ3) is 5.45. The molecule has 0 aliphatic carbocycles. The second kappa shape index (κ2) is 11.0. The number of benzene rings is 4. The van der Waals surface area contributed by atoms with Crippen LogP contribution in [0.3, 0.4) is 0 Å². The number of methoxy groups -OCH3 is 1. The van der Waals surface area contributed by atoms with Gasteiger partial charge in [0.1, 0.15) is 16.9 Å². The van der Waals surface area contributed by atoms with Gasteiger partial charge in [0.25, 0.3) is 0 Å². The predicted octanol–water partition coefficient (Wildman–Crippen LogP) is 8.70. The molecule has 0 amide bonds. The Hall–Kier alpha value is -3.82. The molecule has 32 heavy (non-hydrogen) atoms. The molecule has 0 atom stereocenters. The zero-order valence-corrected chi connectivity index (χ0v) is 18.7. The SMILES string of the molecule is COc1ccccc1.c1ccc(-c2ccsc2)cc1.c1ccc2c(c1)oc1ccccc12. The molecular weight excluding hydrogens is 412 g/mol. The molecular formula is C29H24O2S. The normalized spacial score (nSPS) is 10.0. The van der Waals surface area contributed by atoms with E-state index in [2.05, 4.69) is 53.2 Å². The minimum Gasteiger partial charge on any atom is -0.497 e. The third-order valence-corrected chi connectivity index (χ3v) is 5.57. The Kier molecular flexibility index (Phi) is 7.35. The topological polar surface area (TPSA) is 22.4 Å². The van der Waals surface area contributed by atoms with E-state index < -0.39 is 0 Å². The van der Waals surface area contributed by atoms with Crippen molar-refractivity contribution in [2.45, 2.75) is 0 Å². The van der Waals surface area contributed by atoms with E-state index in [1.54, 1.807) is 18.4 Å². The summed E-state index contributed by atoms with van der Waals surface area (Å²) >= 11 is 1.73. The molecule has 0 saturated heterocycles. The van der Waals surface area contributed by atoms with E-state index in [4.69, 9.17) is 9.15 Å². The van der Waals surface area contributed by atoms with Crippen LogP contribution < -0.4 is 4.74 Å². The van der Waals surface area contributed by atoms with Crippen LogP contribution in [0.2, 0.25) is 0 Å². The fraction of sp³-hybridized carbons (Fsp3) is 0.0345. The average Bonchev–Trinajstić information content (AvgIpc) is 3.54. The van der Waals surface area contributed by atoms with Crippen LogP contribution >= 0.6 is 11.3 Å². The maximum atomic E-state index is 5.65. The van der Waals surface area contributed by atoms with Gasteiger partial charge in [0.15, 0.2) is 0 Å². The molecule has 0 N–H and O–H groups in total. The van der Waals surface area contributed by atoms with Crippen molar-refractivity contribution in [3.63, 3.8) is 0 Å². The van der Waals surface area contributed by atoms with Gasteiger partial charge in [0, 0.05) is 10.8 Å². The highest BCUT2D eigenvalue weighted by molar-refractivity contribution is 7.08. The predicted molar refractivity (Wildman–Crippen MR) is 136 cm³/mol. The molecule has 6 aromatic rings. The number of ether oxygens (including phenoxy) is 1. The standard InChI is InChI=1S/C12H8O.C10H8S.C7H8O/c1-3-7-11-9(5-1)10-6-2-4-8-12(10)13-11;1-2-4-9(5-3-1)10-6-7-11-8-10;1-8-7-5-3-2-4-6-7/h1-8H;1-8H;2-6H,1H3. The molecule has 0 aliphatic heterocycles. The molecule has 2 aromatic heterocycles. The first-order chi connectivity index (χ1) is 15.8. The van der Waals surface area contributed by atoms with Crippen molar-refractivity contribution in [2.75, 3.05) is 7.11 Å². The largest absolute Gasteiger partial charge is 0.497 e. The van der Waals surface area contributed by atoms with Crippen molar-refractivity contribution >= 4 is 33.3 Å². The zero-order valence-electron chi connectivity index (χ0n) is 17.8. The van der Waals surface area contributed by atoms with Crippen LogP contribution in [0.1, 0.15) is 0 Å². The van der Waals surface area contributed by atoms with E-state index >= 15 is 0 Å². The van der Waals surface area contributed by atoms with Crippen LogP contribution in [0.4, 0.5) is 0 Å². The molecule has 2 nitrogen and oxygen atoms in total. The first kappa shape index (κ1) is 21.4. The second-order valence-corrected chi connectivity index (χ2v) is 7.77. The van der Waals surface area contributed by atoms with Crippen LogP contribution in [0.5, 0.6) is 5.75 Å². The molecule has 0 spiro atoms. The summed E-state index contributed by atoms with van der Waals surface area (Å²) in [5, 5.41) is 6.65. The third-order valence-electron chi connectivity index (χ3n) is 4.89. The van der Waals surface area contributed by atoms with Gasteiger partial charge in [0.2, 0.25) is 0 Å². The smallest absolute Gasteiger partial charge is 0.135 e. The summed E-state index contributed by atoms with van der Waals surface area (Å²) in [5.74, 6) is 0.910. The molecule has 6 rings (SSSR count). The number of hydrogen-bond donors (Lipinski definition) is 0. The van der Waals surface area contributed by atoms with Gasteiger partial charge in [-0.2, -0.15) is 11.3 Å². The molecule has 0 bridgehead atoms. The lowest BCUT2D eigenvalue weighted by atomic mass is 10.1. The summed E-state index contributed by atoms with van der Waals surface area (Å²) in [7, 11) is 1.66. The summed E-state index contributed by atoms with van der Waals surface area (Å²) in [6.45, 7) is 0. The molecule has 0 radical (unpaired) electrons. The van der Waals surface area contributed by atoms with Gasteiger partial charge in [-0.25, -0.2) is 0 Å². The van der Waals surface area contributed by atoms with E-state index in [-0.39, 0.29) is 0 Å². The van der Waals surface area contributed by atoms with Gasteiger partial charge in [0.05, 0.1) is 7.11 Å². The summed E-state index contributed by atoms with van der Waals surface area (Å²) in [5.41, 5.74) is 4.54. The van der Waals surface area contributed by atoms with Crippen molar-refractivity contribution < 1.29 is 9.15 Å². The average molecular weight is 437 g/mol. The van der Waals surface area contributed by atoms with E-state index in [9.17, 15) is 0 Å². The number of para-hydroxylation sites is 3. The lowest BCUT2D eigenvalue weighted by Crippen LogP contribution is -1.78. The number of hydrogen-bond acceptors (Lipinski definition) is 3. The number of fused-ring (bicyclic) bond motifs is 3. The van der Waals surface area contributed by atoms with Crippen LogP contribution in [-0.4, -0.2) is 7.11 Å². The van der Waals surface area contributed by atoms with E-state index in [0.29, 0.717) is 0 Å². The number of furan rings is 1. The molecule has 3 heteroatoms. The molecule has 158 valence electrons. The Balaban J connectivity index is 0.000000119. The Bertz CT molecular complexity index is 1290. The van der Waals surface area contributed by atoms with Crippen LogP contribution in [0.25, 0.3) is 33.1 Å². The fourth-order valence-electron chi connectivity index (χ4n) is 3.29. The van der Waals surface area contributed by atoms with Crippen molar-refractivity contribution in [1.29, 1.82) is 0 Å². The zero-order chi connectivity index (χ0) is 22.0. The molecule has 0 saturated carbocycles. The van der Waals surface area contributed by atoms with Gasteiger partial charge in [-0.1, -0.05) is 84.9 Å². The van der Waals surface area contributed by atoms with Gasteiger partial charge in [-0.05, 0) is 52.2 Å². The molecule has 2 heterocycles. The minimum atomic E-state index is 0.910. The highest BCUT2D eigenvalue weighted by Crippen LogP contribution is 2.27. The van der Waals surface area contributed by atoms with Crippen LogP contribution in [0.15, 0.2) is 130 Å². The summed E-state index contributed by atoms with van der Waals surface area (Å²) in [4.78, 5) is 0. The quantitative estimate of drug-likeness (QED) is 0.271. The van der Waals surface area contributed by atoms with Crippen molar-refractivity contribution in [3.8, 4) is 16.9 Å². The van der Waals surface area contributed by atoms with Crippen molar-refractivity contribution in [1.82, 2.24) is 0 Å². The summed E-state index contributed by atoms with van der Waals surface area (Å²) in [6, 6.07) is 38.4. The fourth-order valence-corrected chi connectivity index (χ4v) is 3.96. The Labute approximate surface area is 192 Å². The van der Waals surface area contributed by atoms with Crippen molar-refractivity contribution in [2.24, 2.45) is 0 Å². The summed E-state index contributed by atoms with van der Waals surface area (Å²) < 4.78 is 10.6. The lowest BCUT2D eigenvalue weighted by molar-refractivity contribution is 0.415. The Morgan fingerprint density at radius 3 is 1.59 bits per heavy atom. The molecule has 4 aromatic carbocycles. The molecule has 0 fully saturated rings.